The highest BCUT2D eigenvalue weighted by Gasteiger charge is 2.16. The zero-order valence-corrected chi connectivity index (χ0v) is 17.6. The number of aldehydes is 1. The third kappa shape index (κ3) is 10.0. The van der Waals surface area contributed by atoms with Gasteiger partial charge in [0.05, 0.1) is 0 Å². The van der Waals surface area contributed by atoms with E-state index < -0.39 is 18.2 Å². The SMILES string of the molecule is CNC(=O)C(CCC=O)CCCCCSNC(C)c1ccc(F)c(OC(F)F)c1. The summed E-state index contributed by atoms with van der Waals surface area (Å²) in [6.07, 6.45) is 5.37. The number of ether oxygens (including phenoxy) is 1. The Bertz CT molecular complexity index is 635. The number of hydrogen-bond donors (Lipinski definition) is 2. The summed E-state index contributed by atoms with van der Waals surface area (Å²) in [5.41, 5.74) is 0.651. The molecule has 0 fully saturated rings. The monoisotopic (exact) mass is 434 g/mol. The maximum Gasteiger partial charge on any atom is 0.387 e. The van der Waals surface area contributed by atoms with Crippen LogP contribution in [-0.2, 0) is 9.59 Å². The predicted octanol–water partition coefficient (Wildman–Crippen LogP) is 4.63. The van der Waals surface area contributed by atoms with Crippen molar-refractivity contribution in [1.82, 2.24) is 10.0 Å². The van der Waals surface area contributed by atoms with Crippen molar-refractivity contribution in [2.24, 2.45) is 5.92 Å². The largest absolute Gasteiger partial charge is 0.432 e. The normalized spacial score (nSPS) is 13.2. The van der Waals surface area contributed by atoms with Gasteiger partial charge in [0.2, 0.25) is 5.91 Å². The molecular weight excluding hydrogens is 405 g/mol. The third-order valence-corrected chi connectivity index (χ3v) is 5.49. The summed E-state index contributed by atoms with van der Waals surface area (Å²) in [7, 11) is 1.60. The van der Waals surface area contributed by atoms with Crippen molar-refractivity contribution in [1.29, 1.82) is 0 Å². The van der Waals surface area contributed by atoms with Gasteiger partial charge in [0.1, 0.15) is 6.29 Å². The molecule has 0 saturated heterocycles. The van der Waals surface area contributed by atoms with E-state index in [1.165, 1.54) is 24.1 Å². The first-order valence-corrected chi connectivity index (χ1v) is 10.6. The topological polar surface area (TPSA) is 67.4 Å². The Morgan fingerprint density at radius 1 is 1.24 bits per heavy atom. The van der Waals surface area contributed by atoms with Crippen LogP contribution in [0.15, 0.2) is 18.2 Å². The lowest BCUT2D eigenvalue weighted by Crippen LogP contribution is -2.27. The second-order valence-corrected chi connectivity index (χ2v) is 7.59. The van der Waals surface area contributed by atoms with Crippen molar-refractivity contribution in [3.63, 3.8) is 0 Å². The Labute approximate surface area is 174 Å². The molecule has 5 nitrogen and oxygen atoms in total. The average Bonchev–Trinajstić information content (AvgIpc) is 2.69. The van der Waals surface area contributed by atoms with Crippen LogP contribution in [0.25, 0.3) is 0 Å². The molecule has 0 aliphatic carbocycles. The molecule has 0 bridgehead atoms. The lowest BCUT2D eigenvalue weighted by atomic mass is 9.95. The number of amides is 1. The number of carbonyl (C=O) groups excluding carboxylic acids is 2. The van der Waals surface area contributed by atoms with Gasteiger partial charge in [-0.15, -0.1) is 0 Å². The Balaban J connectivity index is 2.29. The molecule has 164 valence electrons. The van der Waals surface area contributed by atoms with Crippen LogP contribution in [0.3, 0.4) is 0 Å². The molecule has 0 aromatic heterocycles. The minimum Gasteiger partial charge on any atom is -0.432 e. The van der Waals surface area contributed by atoms with E-state index in [0.717, 1.165) is 43.8 Å². The fourth-order valence-electron chi connectivity index (χ4n) is 2.85. The van der Waals surface area contributed by atoms with Crippen LogP contribution in [0.5, 0.6) is 5.75 Å². The first-order valence-electron chi connectivity index (χ1n) is 9.65. The number of nitrogens with one attached hydrogen (secondary N) is 2. The number of benzene rings is 1. The Hall–Kier alpha value is -1.74. The van der Waals surface area contributed by atoms with Gasteiger partial charge in [-0.2, -0.15) is 8.78 Å². The number of unbranched alkanes of at least 4 members (excludes halogenated alkanes) is 2. The van der Waals surface area contributed by atoms with Crippen LogP contribution in [-0.4, -0.2) is 31.6 Å². The molecule has 0 spiro atoms. The lowest BCUT2D eigenvalue weighted by molar-refractivity contribution is -0.125. The van der Waals surface area contributed by atoms with E-state index in [0.29, 0.717) is 18.4 Å². The standard InChI is InChI=1S/C20H29F3N2O3S/c1-14(16-9-10-17(21)18(13-16)28-20(22)23)25-29-12-5-3-4-7-15(8-6-11-26)19(27)24-2/h9-11,13-15,20,25H,3-8,12H2,1-2H3,(H,24,27). The zero-order chi connectivity index (χ0) is 21.6. The van der Waals surface area contributed by atoms with Gasteiger partial charge in [-0.05, 0) is 43.9 Å². The average molecular weight is 435 g/mol. The molecule has 0 aliphatic rings. The van der Waals surface area contributed by atoms with Crippen LogP contribution in [0.4, 0.5) is 13.2 Å². The van der Waals surface area contributed by atoms with Crippen molar-refractivity contribution >= 4 is 24.1 Å². The van der Waals surface area contributed by atoms with Gasteiger partial charge in [0.15, 0.2) is 11.6 Å². The number of carbonyl (C=O) groups is 2. The minimum absolute atomic E-state index is 0.0220. The van der Waals surface area contributed by atoms with E-state index in [-0.39, 0.29) is 17.9 Å². The summed E-state index contributed by atoms with van der Waals surface area (Å²) in [6.45, 7) is -1.22. The second kappa shape index (κ2) is 14.3. The van der Waals surface area contributed by atoms with Gasteiger partial charge < -0.3 is 14.8 Å². The molecule has 0 heterocycles. The molecule has 9 heteroatoms. The first-order chi connectivity index (χ1) is 13.9. The minimum atomic E-state index is -3.07. The molecule has 2 unspecified atom stereocenters. The molecule has 1 aromatic rings. The van der Waals surface area contributed by atoms with Gasteiger partial charge in [0.25, 0.3) is 0 Å². The summed E-state index contributed by atoms with van der Waals surface area (Å²) < 4.78 is 45.5. The highest BCUT2D eigenvalue weighted by atomic mass is 32.2. The lowest BCUT2D eigenvalue weighted by Gasteiger charge is -2.16. The number of rotatable bonds is 15. The molecule has 0 saturated carbocycles. The predicted molar refractivity (Wildman–Crippen MR) is 108 cm³/mol. The third-order valence-electron chi connectivity index (χ3n) is 4.48. The van der Waals surface area contributed by atoms with Gasteiger partial charge >= 0.3 is 6.61 Å². The highest BCUT2D eigenvalue weighted by Crippen LogP contribution is 2.25. The van der Waals surface area contributed by atoms with Crippen molar-refractivity contribution in [3.05, 3.63) is 29.6 Å². The van der Waals surface area contributed by atoms with Crippen molar-refractivity contribution in [2.45, 2.75) is 58.1 Å². The fourth-order valence-corrected chi connectivity index (χ4v) is 3.70. The Morgan fingerprint density at radius 3 is 2.66 bits per heavy atom. The van der Waals surface area contributed by atoms with E-state index >= 15 is 0 Å². The molecule has 1 aromatic carbocycles. The maximum atomic E-state index is 13.5. The summed E-state index contributed by atoms with van der Waals surface area (Å²) >= 11 is 1.51. The van der Waals surface area contributed by atoms with E-state index in [1.807, 2.05) is 6.92 Å². The molecular formula is C20H29F3N2O3S. The Morgan fingerprint density at radius 2 is 2.00 bits per heavy atom. The molecule has 2 atom stereocenters. The van der Waals surface area contributed by atoms with Crippen LogP contribution in [0.1, 0.15) is 57.1 Å². The van der Waals surface area contributed by atoms with Crippen molar-refractivity contribution in [2.75, 3.05) is 12.8 Å². The molecule has 1 amide bonds. The quantitative estimate of drug-likeness (QED) is 0.239. The highest BCUT2D eigenvalue weighted by molar-refractivity contribution is 7.97. The van der Waals surface area contributed by atoms with E-state index in [2.05, 4.69) is 14.8 Å². The van der Waals surface area contributed by atoms with E-state index in [9.17, 15) is 22.8 Å². The number of alkyl halides is 2. The van der Waals surface area contributed by atoms with Gasteiger partial charge in [0, 0.05) is 31.2 Å². The Kier molecular flexibility index (Phi) is 12.5. The van der Waals surface area contributed by atoms with Crippen molar-refractivity contribution < 1.29 is 27.5 Å². The summed E-state index contributed by atoms with van der Waals surface area (Å²) in [5.74, 6) is -0.593. The molecule has 29 heavy (non-hydrogen) atoms. The van der Waals surface area contributed by atoms with Crippen LogP contribution >= 0.6 is 11.9 Å². The molecule has 0 radical (unpaired) electrons. The summed E-state index contributed by atoms with van der Waals surface area (Å²) in [6, 6.07) is 3.76. The number of halogens is 3. The van der Waals surface area contributed by atoms with Gasteiger partial charge in [-0.1, -0.05) is 30.9 Å². The van der Waals surface area contributed by atoms with Crippen LogP contribution in [0.2, 0.25) is 0 Å². The maximum absolute atomic E-state index is 13.5. The van der Waals surface area contributed by atoms with Crippen LogP contribution < -0.4 is 14.8 Å². The molecule has 0 aliphatic heterocycles. The second-order valence-electron chi connectivity index (χ2n) is 6.66. The zero-order valence-electron chi connectivity index (χ0n) is 16.8. The van der Waals surface area contributed by atoms with Crippen molar-refractivity contribution in [3.8, 4) is 5.75 Å². The molecule has 1 rings (SSSR count). The van der Waals surface area contributed by atoms with E-state index in [1.54, 1.807) is 7.05 Å². The summed E-state index contributed by atoms with van der Waals surface area (Å²) in [5, 5.41) is 2.64. The number of hydrogen-bond acceptors (Lipinski definition) is 5. The molecule has 2 N–H and O–H groups in total. The van der Waals surface area contributed by atoms with E-state index in [4.69, 9.17) is 0 Å². The first kappa shape index (κ1) is 25.3. The smallest absolute Gasteiger partial charge is 0.387 e. The van der Waals surface area contributed by atoms with Gasteiger partial charge in [-0.25, -0.2) is 4.39 Å². The fraction of sp³-hybridized carbons (Fsp3) is 0.600. The van der Waals surface area contributed by atoms with Gasteiger partial charge in [-0.3, -0.25) is 9.52 Å². The van der Waals surface area contributed by atoms with Crippen LogP contribution in [0, 0.1) is 11.7 Å². The summed E-state index contributed by atoms with van der Waals surface area (Å²) in [4.78, 5) is 22.3.